The van der Waals surface area contributed by atoms with Crippen LogP contribution in [0.15, 0.2) is 29.2 Å². The molecule has 2 N–H and O–H groups in total. The first kappa shape index (κ1) is 16.8. The van der Waals surface area contributed by atoms with Crippen LogP contribution < -0.4 is 5.32 Å². The van der Waals surface area contributed by atoms with Crippen LogP contribution in [0, 0.1) is 5.92 Å². The lowest BCUT2D eigenvalue weighted by Crippen LogP contribution is -2.27. The highest BCUT2D eigenvalue weighted by atomic mass is 32.2. The van der Waals surface area contributed by atoms with Crippen molar-refractivity contribution in [1.82, 2.24) is 0 Å². The van der Waals surface area contributed by atoms with E-state index in [1.807, 2.05) is 0 Å². The molecule has 0 radical (unpaired) electrons. The molecule has 1 aromatic carbocycles. The summed E-state index contributed by atoms with van der Waals surface area (Å²) in [6, 6.07) is 4.74. The smallest absolute Gasteiger partial charge is 0.391 e. The van der Waals surface area contributed by atoms with E-state index < -0.39 is 26.3 Å². The fourth-order valence-electron chi connectivity index (χ4n) is 1.42. The van der Waals surface area contributed by atoms with Gasteiger partial charge in [0.2, 0.25) is 0 Å². The first-order valence-electron chi connectivity index (χ1n) is 5.89. The van der Waals surface area contributed by atoms with Crippen LogP contribution in [-0.2, 0) is 9.84 Å². The molecule has 1 unspecified atom stereocenters. The van der Waals surface area contributed by atoms with Crippen LogP contribution >= 0.6 is 0 Å². The quantitative estimate of drug-likeness (QED) is 0.876. The normalized spacial score (nSPS) is 14.3. The van der Waals surface area contributed by atoms with E-state index in [0.717, 1.165) is 6.07 Å². The van der Waals surface area contributed by atoms with Gasteiger partial charge in [-0.25, -0.2) is 8.42 Å². The predicted molar refractivity (Wildman–Crippen MR) is 69.0 cm³/mol. The van der Waals surface area contributed by atoms with E-state index in [2.05, 4.69) is 5.32 Å². The maximum absolute atomic E-state index is 12.6. The number of aliphatic hydroxyl groups excluding tert-OH is 1. The Labute approximate surface area is 115 Å². The minimum atomic E-state index is -5.42. The third kappa shape index (κ3) is 3.63. The van der Waals surface area contributed by atoms with Gasteiger partial charge in [-0.1, -0.05) is 26.0 Å². The number of sulfone groups is 1. The average molecular weight is 311 g/mol. The zero-order chi connectivity index (χ0) is 15.6. The lowest BCUT2D eigenvalue weighted by molar-refractivity contribution is -0.0435. The monoisotopic (exact) mass is 311 g/mol. The van der Waals surface area contributed by atoms with Crippen molar-refractivity contribution in [2.75, 3.05) is 11.9 Å². The van der Waals surface area contributed by atoms with Gasteiger partial charge in [0.15, 0.2) is 0 Å². The summed E-state index contributed by atoms with van der Waals surface area (Å²) in [6.07, 6.45) is -0.795. The molecule has 8 heteroatoms. The number of anilines is 1. The molecular weight excluding hydrogens is 295 g/mol. The van der Waals surface area contributed by atoms with Crippen molar-refractivity contribution in [1.29, 1.82) is 0 Å². The number of halogens is 3. The molecule has 0 amide bonds. The Morgan fingerprint density at radius 2 is 1.80 bits per heavy atom. The lowest BCUT2D eigenvalue weighted by atomic mass is 10.1. The molecule has 0 fully saturated rings. The number of para-hydroxylation sites is 1. The molecule has 0 heterocycles. The molecule has 0 aliphatic carbocycles. The molecule has 20 heavy (non-hydrogen) atoms. The first-order chi connectivity index (χ1) is 9.07. The van der Waals surface area contributed by atoms with Gasteiger partial charge in [0, 0.05) is 6.54 Å². The minimum absolute atomic E-state index is 0.0396. The second-order valence-corrected chi connectivity index (χ2v) is 6.55. The Bertz CT molecular complexity index is 555. The molecule has 1 atom stereocenters. The van der Waals surface area contributed by atoms with E-state index in [0.29, 0.717) is 0 Å². The van der Waals surface area contributed by atoms with Crippen molar-refractivity contribution >= 4 is 15.5 Å². The standard InChI is InChI=1S/C12H16F3NO3S/c1-8(2)10(17)7-16-9-5-3-4-6-11(9)20(18,19)12(13,14)15/h3-6,8,10,16-17H,7H2,1-2H3. The molecule has 0 aliphatic rings. The van der Waals surface area contributed by atoms with Crippen molar-refractivity contribution in [3.63, 3.8) is 0 Å². The summed E-state index contributed by atoms with van der Waals surface area (Å²) < 4.78 is 60.5. The zero-order valence-corrected chi connectivity index (χ0v) is 11.8. The second kappa shape index (κ2) is 6.01. The Hall–Kier alpha value is -1.28. The fourth-order valence-corrected chi connectivity index (χ4v) is 2.36. The highest BCUT2D eigenvalue weighted by molar-refractivity contribution is 7.92. The van der Waals surface area contributed by atoms with Crippen LogP contribution in [0.2, 0.25) is 0 Å². The van der Waals surface area contributed by atoms with E-state index in [9.17, 15) is 26.7 Å². The Kier molecular flexibility index (Phi) is 5.04. The summed E-state index contributed by atoms with van der Waals surface area (Å²) in [7, 11) is -5.42. The minimum Gasteiger partial charge on any atom is -0.391 e. The van der Waals surface area contributed by atoms with Crippen LogP contribution in [0.1, 0.15) is 13.8 Å². The van der Waals surface area contributed by atoms with Gasteiger partial charge in [0.25, 0.3) is 9.84 Å². The SMILES string of the molecule is CC(C)C(O)CNc1ccccc1S(=O)(=O)C(F)(F)F. The lowest BCUT2D eigenvalue weighted by Gasteiger charge is -2.18. The molecule has 0 aromatic heterocycles. The summed E-state index contributed by atoms with van der Waals surface area (Å²) in [5, 5.41) is 12.2. The Balaban J connectivity index is 3.07. The summed E-state index contributed by atoms with van der Waals surface area (Å²) in [6.45, 7) is 3.44. The molecule has 0 bridgehead atoms. The van der Waals surface area contributed by atoms with E-state index in [1.165, 1.54) is 18.2 Å². The largest absolute Gasteiger partial charge is 0.501 e. The van der Waals surface area contributed by atoms with E-state index >= 15 is 0 Å². The first-order valence-corrected chi connectivity index (χ1v) is 7.38. The summed E-state index contributed by atoms with van der Waals surface area (Å²) in [5.41, 5.74) is -5.54. The third-order valence-corrected chi connectivity index (χ3v) is 4.30. The van der Waals surface area contributed by atoms with E-state index in [-0.39, 0.29) is 18.2 Å². The van der Waals surface area contributed by atoms with Gasteiger partial charge < -0.3 is 10.4 Å². The van der Waals surface area contributed by atoms with Gasteiger partial charge in [0.05, 0.1) is 16.7 Å². The Morgan fingerprint density at radius 3 is 2.30 bits per heavy atom. The molecular formula is C12H16F3NO3S. The second-order valence-electron chi connectivity index (χ2n) is 4.64. The highest BCUT2D eigenvalue weighted by Crippen LogP contribution is 2.34. The third-order valence-electron chi connectivity index (χ3n) is 2.75. The fraction of sp³-hybridized carbons (Fsp3) is 0.500. The van der Waals surface area contributed by atoms with Crippen molar-refractivity contribution in [2.45, 2.75) is 30.4 Å². The number of aliphatic hydroxyl groups is 1. The summed E-state index contributed by atoms with van der Waals surface area (Å²) >= 11 is 0. The van der Waals surface area contributed by atoms with E-state index in [4.69, 9.17) is 0 Å². The molecule has 4 nitrogen and oxygen atoms in total. The van der Waals surface area contributed by atoms with Gasteiger partial charge in [-0.3, -0.25) is 0 Å². The molecule has 114 valence electrons. The number of hydrogen-bond donors (Lipinski definition) is 2. The molecule has 1 rings (SSSR count). The van der Waals surface area contributed by atoms with Crippen LogP contribution in [0.25, 0.3) is 0 Å². The highest BCUT2D eigenvalue weighted by Gasteiger charge is 2.47. The number of alkyl halides is 3. The number of benzene rings is 1. The van der Waals surface area contributed by atoms with Gasteiger partial charge in [-0.15, -0.1) is 0 Å². The molecule has 1 aromatic rings. The van der Waals surface area contributed by atoms with Gasteiger partial charge >= 0.3 is 5.51 Å². The maximum Gasteiger partial charge on any atom is 0.501 e. The molecule has 0 saturated carbocycles. The van der Waals surface area contributed by atoms with Gasteiger partial charge in [-0.2, -0.15) is 13.2 Å². The van der Waals surface area contributed by atoms with Crippen LogP contribution in [0.4, 0.5) is 18.9 Å². The average Bonchev–Trinajstić information content (AvgIpc) is 2.34. The molecule has 0 saturated heterocycles. The molecule has 0 aliphatic heterocycles. The topological polar surface area (TPSA) is 66.4 Å². The van der Waals surface area contributed by atoms with E-state index in [1.54, 1.807) is 13.8 Å². The van der Waals surface area contributed by atoms with Gasteiger partial charge in [-0.05, 0) is 18.1 Å². The maximum atomic E-state index is 12.6. The Morgan fingerprint density at radius 1 is 1.25 bits per heavy atom. The van der Waals surface area contributed by atoms with Crippen LogP contribution in [0.5, 0.6) is 0 Å². The number of rotatable bonds is 5. The van der Waals surface area contributed by atoms with Crippen molar-refractivity contribution in [2.24, 2.45) is 5.92 Å². The van der Waals surface area contributed by atoms with Crippen LogP contribution in [-0.4, -0.2) is 31.7 Å². The van der Waals surface area contributed by atoms with Gasteiger partial charge in [0.1, 0.15) is 0 Å². The summed E-state index contributed by atoms with van der Waals surface area (Å²) in [5.74, 6) is -0.103. The summed E-state index contributed by atoms with van der Waals surface area (Å²) in [4.78, 5) is -0.844. The number of hydrogen-bond acceptors (Lipinski definition) is 4. The van der Waals surface area contributed by atoms with Crippen molar-refractivity contribution < 1.29 is 26.7 Å². The zero-order valence-electron chi connectivity index (χ0n) is 11.0. The van der Waals surface area contributed by atoms with Crippen LogP contribution in [0.3, 0.4) is 0 Å². The number of nitrogens with one attached hydrogen (secondary N) is 1. The molecule has 0 spiro atoms. The predicted octanol–water partition coefficient (Wildman–Crippen LogP) is 2.41. The van der Waals surface area contributed by atoms with Crippen molar-refractivity contribution in [3.8, 4) is 0 Å². The van der Waals surface area contributed by atoms with Crippen molar-refractivity contribution in [3.05, 3.63) is 24.3 Å².